The van der Waals surface area contributed by atoms with Crippen molar-refractivity contribution < 1.29 is 62.5 Å². The number of likely N-dealkylation sites (N-methyl/N-ethyl adjacent to an activating group) is 2. The van der Waals surface area contributed by atoms with Crippen LogP contribution >= 0.6 is 0 Å². The van der Waals surface area contributed by atoms with Crippen LogP contribution in [0.5, 0.6) is 0 Å². The number of likely N-dealkylation sites (tertiary alicyclic amines) is 2. The fraction of sp³-hybridized carbons (Fsp3) is 0.742. The van der Waals surface area contributed by atoms with E-state index in [9.17, 15) is 48.3 Å². The second-order valence-corrected chi connectivity index (χ2v) is 34.5. The molecule has 0 spiro atoms. The molecule has 23 heteroatoms. The molecular formula is C89H146N10O13. The minimum atomic E-state index is -1.05. The average molecular weight is 1560 g/mol. The molecule has 23 nitrogen and oxygen atoms in total. The number of amides is 9. The molecule has 2 unspecified atom stereocenters. The number of allylic oxidation sites excluding steroid dienone is 2. The van der Waals surface area contributed by atoms with Gasteiger partial charge >= 0.3 is 6.09 Å². The first kappa shape index (κ1) is 94.1. The molecule has 15 atom stereocenters. The van der Waals surface area contributed by atoms with Gasteiger partial charge in [-0.15, -0.1) is 0 Å². The van der Waals surface area contributed by atoms with Crippen LogP contribution in [0.2, 0.25) is 0 Å². The number of benzene rings is 2. The van der Waals surface area contributed by atoms with Gasteiger partial charge in [0.2, 0.25) is 47.3 Å². The van der Waals surface area contributed by atoms with E-state index in [2.05, 4.69) is 52.6 Å². The van der Waals surface area contributed by atoms with Crippen LogP contribution in [0.3, 0.4) is 0 Å². The predicted molar refractivity (Wildman–Crippen MR) is 442 cm³/mol. The van der Waals surface area contributed by atoms with Crippen LogP contribution < -0.4 is 32.3 Å². The number of hydrogen-bond acceptors (Lipinski definition) is 15. The Morgan fingerprint density at radius 2 is 1.33 bits per heavy atom. The summed E-state index contributed by atoms with van der Waals surface area (Å²) in [6.45, 7) is 26.4. The van der Waals surface area contributed by atoms with Crippen LogP contribution in [-0.4, -0.2) is 187 Å². The first-order valence-corrected chi connectivity index (χ1v) is 42.9. The van der Waals surface area contributed by atoms with E-state index in [1.807, 2.05) is 66.7 Å². The summed E-state index contributed by atoms with van der Waals surface area (Å²) in [5.41, 5.74) is 7.64. The van der Waals surface area contributed by atoms with Gasteiger partial charge in [0.15, 0.2) is 0 Å². The monoisotopic (exact) mass is 1560 g/mol. The lowest BCUT2D eigenvalue weighted by Gasteiger charge is -2.44. The minimum Gasteiger partial charge on any atom is -0.445 e. The summed E-state index contributed by atoms with van der Waals surface area (Å²) in [5, 5.41) is 26.8. The standard InChI is InChI=1S/C89H146N10O13/c1-18-21-49-89(20-3,68-38-31-24-22-23-25-32-39-68)70-53-74(100)99(86(70)107)50-33-27-28-35-61(11)91-76(57(4)5)84(105)94-71(52-64-41-43-65(55-90)44-42-64)83(104)93-69-47-45-66(46-48-69)56-112-88(109)97(15)78(59(8)9)85(106)95-77(58(6)7)87(108)96(14)79(60(10)19-2)73(110-16)54-75(101)98-51-34-40-72(98)81(111-17)62(12)82(103)92-63(13)80(102)67-36-29-26-30-37-67/h18,21,26,29-30,36-37,45-48,57-65,68,70-73,76-81,91,102H,19-20,22-25,27-28,31-35,38-44,49-56,90H2,1-17H3,(H,92,103)(H,93,104)(H,94,105)(H,95,106)/b21-18-/t60-,61-,62+,63+,64-,65-,70?,71-,72-,73+,76-,77-,78-,79-,80+,81+,89?/m0/s1. The topological polar surface area (TPSA) is 301 Å². The van der Waals surface area contributed by atoms with E-state index >= 15 is 0 Å². The van der Waals surface area contributed by atoms with E-state index in [4.69, 9.17) is 19.9 Å². The molecule has 2 aromatic carbocycles. The first-order chi connectivity index (χ1) is 53.4. The summed E-state index contributed by atoms with van der Waals surface area (Å²) < 4.78 is 18.0. The number of nitrogens with two attached hydrogens (primary N) is 1. The Morgan fingerprint density at radius 3 is 1.91 bits per heavy atom. The molecule has 0 aromatic heterocycles. The number of aliphatic hydroxyl groups is 1. The summed E-state index contributed by atoms with van der Waals surface area (Å²) in [4.78, 5) is 135. The zero-order valence-electron chi connectivity index (χ0n) is 71.4. The van der Waals surface area contributed by atoms with E-state index in [-0.39, 0.29) is 83.6 Å². The van der Waals surface area contributed by atoms with Gasteiger partial charge in [0.05, 0.1) is 60.7 Å². The average Bonchev–Trinajstić information content (AvgIpc) is 1.59. The Balaban J connectivity index is 1.03. The lowest BCUT2D eigenvalue weighted by atomic mass is 9.59. The molecule has 0 radical (unpaired) electrons. The molecule has 2 heterocycles. The number of aliphatic hydroxyl groups excluding tert-OH is 1. The number of ether oxygens (including phenoxy) is 3. The van der Waals surface area contributed by atoms with Crippen LogP contribution in [-0.2, 0) is 59.2 Å². The highest BCUT2D eigenvalue weighted by molar-refractivity contribution is 6.04. The van der Waals surface area contributed by atoms with Gasteiger partial charge < -0.3 is 61.4 Å². The van der Waals surface area contributed by atoms with Crippen LogP contribution in [0.4, 0.5) is 10.5 Å². The van der Waals surface area contributed by atoms with Gasteiger partial charge in [-0.3, -0.25) is 48.2 Å². The van der Waals surface area contributed by atoms with Gasteiger partial charge in [-0.2, -0.15) is 0 Å². The van der Waals surface area contributed by atoms with Crippen molar-refractivity contribution in [1.29, 1.82) is 0 Å². The van der Waals surface area contributed by atoms with Crippen molar-refractivity contribution >= 4 is 59.0 Å². The molecule has 4 fully saturated rings. The molecule has 0 bridgehead atoms. The third kappa shape index (κ3) is 26.1. The summed E-state index contributed by atoms with van der Waals surface area (Å²) >= 11 is 0. The Morgan fingerprint density at radius 1 is 0.696 bits per heavy atom. The van der Waals surface area contributed by atoms with Crippen molar-refractivity contribution in [2.24, 2.45) is 64.4 Å². The Bertz CT molecular complexity index is 3280. The third-order valence-corrected chi connectivity index (χ3v) is 25.6. The molecule has 2 saturated heterocycles. The zero-order chi connectivity index (χ0) is 82.5. The molecule has 9 amide bonds. The molecule has 2 saturated carbocycles. The lowest BCUT2D eigenvalue weighted by Crippen LogP contribution is -2.60. The summed E-state index contributed by atoms with van der Waals surface area (Å²) in [6, 6.07) is 10.9. The quantitative estimate of drug-likeness (QED) is 0.0184. The van der Waals surface area contributed by atoms with Crippen LogP contribution in [0.1, 0.15) is 261 Å². The van der Waals surface area contributed by atoms with Gasteiger partial charge in [-0.1, -0.05) is 194 Å². The highest BCUT2D eigenvalue weighted by Crippen LogP contribution is 2.52. The summed E-state index contributed by atoms with van der Waals surface area (Å²) in [7, 11) is 6.21. The fourth-order valence-electron chi connectivity index (χ4n) is 18.4. The third-order valence-electron chi connectivity index (χ3n) is 25.6. The number of hydrogen-bond donors (Lipinski definition) is 7. The van der Waals surface area contributed by atoms with Crippen molar-refractivity contribution in [3.8, 4) is 0 Å². The van der Waals surface area contributed by atoms with E-state index < -0.39 is 96.3 Å². The Hall–Kier alpha value is -6.79. The Kier molecular flexibility index (Phi) is 39.2. The van der Waals surface area contributed by atoms with Gasteiger partial charge in [-0.05, 0) is 168 Å². The summed E-state index contributed by atoms with van der Waals surface area (Å²) in [5.74, 6) is -3.07. The molecule has 2 aromatic rings. The SMILES string of the molecule is C/C=C\CC(CC)(C1CCCCCCCC1)C1CC(=O)N(CCCCC[C@H](C)N[C@H](C(=O)N[C@@H](C[C@H]2CC[C@H](CN)CC2)C(=O)Nc2ccc(COC(=O)N(C)[C@H](C(=O)N[C@H](C(=O)N(C)[C@@H]([C@@H](C)CC)[C@@H](CC(=O)N3CCC[C@H]3[C@H](OC)[C@@H](C)C(=O)N[C@H](C)[C@@H](O)c3ccccc3)OC)C(C)C)C(C)C)cc2)C(C)C)C1=O. The van der Waals surface area contributed by atoms with E-state index in [1.165, 1.54) is 64.7 Å². The highest BCUT2D eigenvalue weighted by atomic mass is 16.6. The number of rotatable bonds is 43. The smallest absolute Gasteiger partial charge is 0.410 e. The van der Waals surface area contributed by atoms with Crippen molar-refractivity contribution in [2.45, 2.75) is 317 Å². The second kappa shape index (κ2) is 46.7. The maximum absolute atomic E-state index is 14.9. The normalized spacial score (nSPS) is 21.9. The predicted octanol–water partition coefficient (Wildman–Crippen LogP) is 13.2. The van der Waals surface area contributed by atoms with E-state index in [0.717, 1.165) is 77.0 Å². The van der Waals surface area contributed by atoms with Crippen LogP contribution in [0.15, 0.2) is 66.7 Å². The number of imide groups is 1. The minimum absolute atomic E-state index is 0.0170. The molecule has 2 aliphatic carbocycles. The second-order valence-electron chi connectivity index (χ2n) is 34.5. The molecule has 630 valence electrons. The number of methoxy groups -OCH3 is 2. The fourth-order valence-corrected chi connectivity index (χ4v) is 18.4. The number of nitrogens with one attached hydrogen (secondary N) is 5. The van der Waals surface area contributed by atoms with Gasteiger partial charge in [0, 0.05) is 59.6 Å². The summed E-state index contributed by atoms with van der Waals surface area (Å²) in [6.07, 6.45) is 22.1. The number of carbonyl (C=O) groups is 9. The van der Waals surface area contributed by atoms with Gasteiger partial charge in [-0.25, -0.2) is 4.79 Å². The largest absolute Gasteiger partial charge is 0.445 e. The van der Waals surface area contributed by atoms with Gasteiger partial charge in [0.1, 0.15) is 24.7 Å². The maximum atomic E-state index is 14.9. The van der Waals surface area contributed by atoms with Crippen molar-refractivity contribution in [3.63, 3.8) is 0 Å². The molecule has 2 aliphatic heterocycles. The molecule has 112 heavy (non-hydrogen) atoms. The van der Waals surface area contributed by atoms with Crippen molar-refractivity contribution in [2.75, 3.05) is 53.3 Å². The van der Waals surface area contributed by atoms with Gasteiger partial charge in [0.25, 0.3) is 0 Å². The molecular weight excluding hydrogens is 1420 g/mol. The van der Waals surface area contributed by atoms with Crippen LogP contribution in [0, 0.1) is 58.7 Å². The van der Waals surface area contributed by atoms with Crippen LogP contribution in [0.25, 0.3) is 0 Å². The molecule has 6 rings (SSSR count). The van der Waals surface area contributed by atoms with Crippen molar-refractivity contribution in [3.05, 3.63) is 77.9 Å². The maximum Gasteiger partial charge on any atom is 0.410 e. The molecule has 4 aliphatic rings. The number of anilines is 1. The zero-order valence-corrected chi connectivity index (χ0v) is 71.4. The van der Waals surface area contributed by atoms with E-state index in [1.54, 1.807) is 85.8 Å². The highest BCUT2D eigenvalue weighted by Gasteiger charge is 2.53. The van der Waals surface area contributed by atoms with Crippen molar-refractivity contribution in [1.82, 2.24) is 40.9 Å². The first-order valence-electron chi connectivity index (χ1n) is 42.9. The van der Waals surface area contributed by atoms with E-state index in [0.29, 0.717) is 80.4 Å². The number of carbonyl (C=O) groups excluding carboxylic acids is 9. The number of nitrogens with zero attached hydrogens (tertiary/aromatic N) is 4. The Labute approximate surface area is 672 Å². The number of unbranched alkanes of at least 4 members (excludes halogenated alkanes) is 2. The molecule has 8 N–H and O–H groups in total. The lowest BCUT2D eigenvalue weighted by molar-refractivity contribution is -0.148.